The number of nitrogens with zero attached hydrogens (tertiary/aromatic N) is 2. The highest BCUT2D eigenvalue weighted by Crippen LogP contribution is 2.13. The molecule has 2 rings (SSSR count). The molecule has 1 aromatic heterocycles. The van der Waals surface area contributed by atoms with Crippen molar-refractivity contribution < 1.29 is 13.2 Å². The second-order valence-corrected chi connectivity index (χ2v) is 5.63. The van der Waals surface area contributed by atoms with Crippen molar-refractivity contribution in [3.05, 3.63) is 24.5 Å². The average Bonchev–Trinajstić information content (AvgIpc) is 2.62. The van der Waals surface area contributed by atoms with Gasteiger partial charge in [-0.1, -0.05) is 0 Å². The summed E-state index contributed by atoms with van der Waals surface area (Å²) in [6, 6.07) is 2.32. The second kappa shape index (κ2) is 4.42. The van der Waals surface area contributed by atoms with E-state index in [1.807, 2.05) is 0 Å². The van der Waals surface area contributed by atoms with Crippen LogP contribution >= 0.6 is 0 Å². The summed E-state index contributed by atoms with van der Waals surface area (Å²) in [5, 5.41) is 0. The van der Waals surface area contributed by atoms with Crippen molar-refractivity contribution in [2.75, 3.05) is 13.6 Å². The van der Waals surface area contributed by atoms with Gasteiger partial charge in [-0.15, -0.1) is 0 Å². The van der Waals surface area contributed by atoms with Crippen LogP contribution in [0.15, 0.2) is 29.4 Å². The molecule has 0 radical (unpaired) electrons. The first kappa shape index (κ1) is 12.0. The van der Waals surface area contributed by atoms with Crippen molar-refractivity contribution in [2.24, 2.45) is 0 Å². The Kier molecular flexibility index (Phi) is 3.12. The average molecular weight is 255 g/mol. The number of aromatic nitrogens is 1. The van der Waals surface area contributed by atoms with Gasteiger partial charge in [-0.05, 0) is 18.6 Å². The number of amides is 1. The maximum atomic E-state index is 11.9. The number of carbonyl (C=O) groups is 1. The Hall–Kier alpha value is -1.47. The molecule has 1 aliphatic heterocycles. The Morgan fingerprint density at radius 3 is 2.82 bits per heavy atom. The summed E-state index contributed by atoms with van der Waals surface area (Å²) in [5.41, 5.74) is 0. The summed E-state index contributed by atoms with van der Waals surface area (Å²) in [7, 11) is -2.01. The molecule has 6 nitrogen and oxygen atoms in total. The molecule has 0 bridgehead atoms. The number of nitrogens with one attached hydrogen (secondary N) is 1. The molecule has 1 amide bonds. The Balaban J connectivity index is 2.17. The molecule has 0 saturated carbocycles. The number of hydrogen-bond donors (Lipinski definition) is 1. The third-order valence-electron chi connectivity index (χ3n) is 2.67. The minimum atomic E-state index is -3.66. The third kappa shape index (κ3) is 2.45. The first-order valence-electron chi connectivity index (χ1n) is 5.18. The molecule has 7 heteroatoms. The highest BCUT2D eigenvalue weighted by molar-refractivity contribution is 7.89. The van der Waals surface area contributed by atoms with Gasteiger partial charge < -0.3 is 4.90 Å². The maximum Gasteiger partial charge on any atom is 0.242 e. The van der Waals surface area contributed by atoms with Crippen molar-refractivity contribution >= 4 is 15.9 Å². The number of likely N-dealkylation sites (tertiary alicyclic amines) is 1. The SMILES string of the molecule is CN1CCC(NS(=O)(=O)c2cccnc2)C1=O. The quantitative estimate of drug-likeness (QED) is 0.796. The number of likely N-dealkylation sites (N-methyl/N-ethyl adjacent to an activating group) is 1. The standard InChI is InChI=1S/C10H13N3O3S/c1-13-6-4-9(10(13)14)12-17(15,16)8-3-2-5-11-7-8/h2-3,5,7,9,12H,4,6H2,1H3. The first-order valence-corrected chi connectivity index (χ1v) is 6.66. The zero-order valence-electron chi connectivity index (χ0n) is 9.33. The van der Waals surface area contributed by atoms with E-state index in [9.17, 15) is 13.2 Å². The molecule has 1 fully saturated rings. The monoisotopic (exact) mass is 255 g/mol. The van der Waals surface area contributed by atoms with E-state index >= 15 is 0 Å². The largest absolute Gasteiger partial charge is 0.344 e. The highest BCUT2D eigenvalue weighted by atomic mass is 32.2. The summed E-state index contributed by atoms with van der Waals surface area (Å²) in [6.07, 6.45) is 3.24. The first-order chi connectivity index (χ1) is 8.00. The van der Waals surface area contributed by atoms with Crippen LogP contribution in [0.1, 0.15) is 6.42 Å². The number of hydrogen-bond acceptors (Lipinski definition) is 4. The van der Waals surface area contributed by atoms with Crippen LogP contribution in [-0.4, -0.2) is 43.8 Å². The van der Waals surface area contributed by atoms with Crippen LogP contribution in [0.4, 0.5) is 0 Å². The van der Waals surface area contributed by atoms with Crippen molar-refractivity contribution in [1.29, 1.82) is 0 Å². The predicted molar refractivity (Wildman–Crippen MR) is 60.6 cm³/mol. The molecule has 1 aromatic rings. The van der Waals surface area contributed by atoms with Crippen molar-refractivity contribution in [1.82, 2.24) is 14.6 Å². The van der Waals surface area contributed by atoms with Crippen molar-refractivity contribution in [3.8, 4) is 0 Å². The normalized spacial score (nSPS) is 20.9. The van der Waals surface area contributed by atoms with Gasteiger partial charge in [0.05, 0.1) is 0 Å². The number of pyridine rings is 1. The molecule has 0 aromatic carbocycles. The van der Waals surface area contributed by atoms with E-state index in [0.29, 0.717) is 13.0 Å². The zero-order valence-corrected chi connectivity index (χ0v) is 10.1. The van der Waals surface area contributed by atoms with Crippen LogP contribution in [0.2, 0.25) is 0 Å². The van der Waals surface area contributed by atoms with Crippen LogP contribution in [0.25, 0.3) is 0 Å². The van der Waals surface area contributed by atoms with Gasteiger partial charge in [-0.3, -0.25) is 9.78 Å². The van der Waals surface area contributed by atoms with E-state index < -0.39 is 16.1 Å². The molecule has 2 heterocycles. The Bertz CT molecular complexity index is 515. The minimum absolute atomic E-state index is 0.0716. The van der Waals surface area contributed by atoms with E-state index in [-0.39, 0.29) is 10.8 Å². The predicted octanol–water partition coefficient (Wildman–Crippen LogP) is -0.409. The fourth-order valence-corrected chi connectivity index (χ4v) is 2.88. The van der Waals surface area contributed by atoms with Crippen molar-refractivity contribution in [3.63, 3.8) is 0 Å². The number of rotatable bonds is 3. The van der Waals surface area contributed by atoms with Gasteiger partial charge in [0.25, 0.3) is 0 Å². The van der Waals surface area contributed by atoms with Crippen LogP contribution in [-0.2, 0) is 14.8 Å². The van der Waals surface area contributed by atoms with E-state index in [2.05, 4.69) is 9.71 Å². The van der Waals surface area contributed by atoms with Gasteiger partial charge in [0.1, 0.15) is 10.9 Å². The molecule has 1 aliphatic rings. The Labute approximate surface area is 99.7 Å². The molecule has 0 aliphatic carbocycles. The Morgan fingerprint density at radius 1 is 1.53 bits per heavy atom. The fraction of sp³-hybridized carbons (Fsp3) is 0.400. The van der Waals surface area contributed by atoms with Gasteiger partial charge in [0.15, 0.2) is 0 Å². The van der Waals surface area contributed by atoms with Gasteiger partial charge in [0, 0.05) is 26.0 Å². The number of sulfonamides is 1. The zero-order chi connectivity index (χ0) is 12.5. The summed E-state index contributed by atoms with van der Waals surface area (Å²) in [5.74, 6) is -0.197. The van der Waals surface area contributed by atoms with Gasteiger partial charge >= 0.3 is 0 Å². The van der Waals surface area contributed by atoms with Gasteiger partial charge in [-0.2, -0.15) is 4.72 Å². The van der Waals surface area contributed by atoms with Crippen LogP contribution in [0.3, 0.4) is 0 Å². The molecular weight excluding hydrogens is 242 g/mol. The maximum absolute atomic E-state index is 11.9. The van der Waals surface area contributed by atoms with Crippen molar-refractivity contribution in [2.45, 2.75) is 17.4 Å². The van der Waals surface area contributed by atoms with E-state index in [1.165, 1.54) is 29.4 Å². The molecule has 17 heavy (non-hydrogen) atoms. The van der Waals surface area contributed by atoms with E-state index in [0.717, 1.165) is 0 Å². The highest BCUT2D eigenvalue weighted by Gasteiger charge is 2.32. The molecule has 0 spiro atoms. The van der Waals surface area contributed by atoms with E-state index in [1.54, 1.807) is 7.05 Å². The lowest BCUT2D eigenvalue weighted by molar-refractivity contribution is -0.127. The topological polar surface area (TPSA) is 79.4 Å². The minimum Gasteiger partial charge on any atom is -0.344 e. The molecular formula is C10H13N3O3S. The van der Waals surface area contributed by atoms with Gasteiger partial charge in [0.2, 0.25) is 15.9 Å². The third-order valence-corrected chi connectivity index (χ3v) is 4.13. The molecule has 1 N–H and O–H groups in total. The molecule has 1 saturated heterocycles. The van der Waals surface area contributed by atoms with Crippen LogP contribution < -0.4 is 4.72 Å². The van der Waals surface area contributed by atoms with Crippen LogP contribution in [0.5, 0.6) is 0 Å². The lowest BCUT2D eigenvalue weighted by Crippen LogP contribution is -2.40. The van der Waals surface area contributed by atoms with Crippen LogP contribution in [0, 0.1) is 0 Å². The summed E-state index contributed by atoms with van der Waals surface area (Å²) < 4.78 is 26.2. The lowest BCUT2D eigenvalue weighted by Gasteiger charge is -2.12. The fourth-order valence-electron chi connectivity index (χ4n) is 1.69. The smallest absolute Gasteiger partial charge is 0.242 e. The van der Waals surface area contributed by atoms with E-state index in [4.69, 9.17) is 0 Å². The lowest BCUT2D eigenvalue weighted by atomic mass is 10.3. The Morgan fingerprint density at radius 2 is 2.29 bits per heavy atom. The summed E-state index contributed by atoms with van der Waals surface area (Å²) >= 11 is 0. The van der Waals surface area contributed by atoms with Gasteiger partial charge in [-0.25, -0.2) is 8.42 Å². The molecule has 1 atom stereocenters. The molecule has 1 unspecified atom stereocenters. The summed E-state index contributed by atoms with van der Waals surface area (Å²) in [6.45, 7) is 0.569. The summed E-state index contributed by atoms with van der Waals surface area (Å²) in [4.78, 5) is 16.9. The second-order valence-electron chi connectivity index (χ2n) is 3.91. The molecule has 92 valence electrons. The number of carbonyl (C=O) groups excluding carboxylic acids is 1.